The molecule has 2 rings (SSSR count). The van der Waals surface area contributed by atoms with Crippen molar-refractivity contribution in [3.63, 3.8) is 0 Å². The normalized spacial score (nSPS) is 24.1. The lowest BCUT2D eigenvalue weighted by Gasteiger charge is -2.34. The third kappa shape index (κ3) is 3.44. The highest BCUT2D eigenvalue weighted by Gasteiger charge is 2.34. The highest BCUT2D eigenvalue weighted by molar-refractivity contribution is 5.81. The van der Waals surface area contributed by atoms with Crippen molar-refractivity contribution in [1.29, 1.82) is 0 Å². The first-order chi connectivity index (χ1) is 8.08. The van der Waals surface area contributed by atoms with E-state index in [2.05, 4.69) is 31.0 Å². The first-order valence-electron chi connectivity index (χ1n) is 7.12. The Kier molecular flexibility index (Phi) is 4.08. The van der Waals surface area contributed by atoms with Crippen molar-refractivity contribution in [1.82, 2.24) is 10.2 Å². The van der Waals surface area contributed by atoms with E-state index in [0.29, 0.717) is 29.8 Å². The largest absolute Gasteiger partial charge is 0.342 e. The Bertz CT molecular complexity index is 265. The van der Waals surface area contributed by atoms with Crippen molar-refractivity contribution in [2.24, 2.45) is 11.8 Å². The second-order valence-corrected chi connectivity index (χ2v) is 6.07. The Balaban J connectivity index is 1.72. The lowest BCUT2D eigenvalue weighted by molar-refractivity contribution is -0.133. The molecule has 0 aromatic rings. The van der Waals surface area contributed by atoms with Gasteiger partial charge in [-0.05, 0) is 38.5 Å². The van der Waals surface area contributed by atoms with Crippen LogP contribution in [0.15, 0.2) is 0 Å². The van der Waals surface area contributed by atoms with Gasteiger partial charge in [0.15, 0.2) is 0 Å². The highest BCUT2D eigenvalue weighted by atomic mass is 16.2. The molecule has 3 heteroatoms. The summed E-state index contributed by atoms with van der Waals surface area (Å²) in [5.41, 5.74) is 0. The molecule has 1 heterocycles. The van der Waals surface area contributed by atoms with Crippen LogP contribution in [0.1, 0.15) is 46.5 Å². The summed E-state index contributed by atoms with van der Waals surface area (Å²) in [7, 11) is 0. The summed E-state index contributed by atoms with van der Waals surface area (Å²) in [6.45, 7) is 8.68. The molecule has 1 unspecified atom stereocenters. The van der Waals surface area contributed by atoms with Gasteiger partial charge in [0.05, 0.1) is 0 Å². The fourth-order valence-corrected chi connectivity index (χ4v) is 2.42. The zero-order valence-corrected chi connectivity index (χ0v) is 11.4. The van der Waals surface area contributed by atoms with E-state index in [-0.39, 0.29) is 0 Å². The zero-order chi connectivity index (χ0) is 12.4. The van der Waals surface area contributed by atoms with Crippen LogP contribution in [0.3, 0.4) is 0 Å². The molecule has 98 valence electrons. The molecule has 2 fully saturated rings. The minimum Gasteiger partial charge on any atom is -0.342 e. The van der Waals surface area contributed by atoms with E-state index in [9.17, 15) is 4.79 Å². The van der Waals surface area contributed by atoms with Gasteiger partial charge >= 0.3 is 0 Å². The highest BCUT2D eigenvalue weighted by Crippen LogP contribution is 2.31. The number of likely N-dealkylation sites (tertiary alicyclic amines) is 1. The molecule has 17 heavy (non-hydrogen) atoms. The van der Waals surface area contributed by atoms with Crippen molar-refractivity contribution in [3.8, 4) is 0 Å². The van der Waals surface area contributed by atoms with Gasteiger partial charge in [-0.15, -0.1) is 0 Å². The van der Waals surface area contributed by atoms with E-state index in [1.807, 2.05) is 0 Å². The smallest absolute Gasteiger partial charge is 0.225 e. The van der Waals surface area contributed by atoms with Crippen LogP contribution in [0.5, 0.6) is 0 Å². The molecule has 0 aromatic carbocycles. The molecule has 1 aliphatic carbocycles. The lowest BCUT2D eigenvalue weighted by Crippen LogP contribution is -2.48. The van der Waals surface area contributed by atoms with Crippen molar-refractivity contribution in [2.75, 3.05) is 13.1 Å². The van der Waals surface area contributed by atoms with Crippen LogP contribution in [0.4, 0.5) is 0 Å². The summed E-state index contributed by atoms with van der Waals surface area (Å²) in [4.78, 5) is 14.0. The van der Waals surface area contributed by atoms with Gasteiger partial charge in [0.2, 0.25) is 5.91 Å². The number of rotatable bonds is 4. The first kappa shape index (κ1) is 12.9. The molecule has 0 bridgehead atoms. The molecular weight excluding hydrogens is 212 g/mol. The second kappa shape index (κ2) is 5.38. The SMILES string of the molecule is CC(C)C(C)NC1CCN(C(=O)C2CC2)CC1. The van der Waals surface area contributed by atoms with Crippen molar-refractivity contribution >= 4 is 5.91 Å². The quantitative estimate of drug-likeness (QED) is 0.812. The molecule has 1 N–H and O–H groups in total. The molecule has 3 nitrogen and oxygen atoms in total. The third-order valence-electron chi connectivity index (χ3n) is 4.23. The van der Waals surface area contributed by atoms with Crippen LogP contribution in [0, 0.1) is 11.8 Å². The van der Waals surface area contributed by atoms with Gasteiger partial charge < -0.3 is 10.2 Å². The average Bonchev–Trinajstić information content (AvgIpc) is 3.13. The number of nitrogens with one attached hydrogen (secondary N) is 1. The number of amides is 1. The summed E-state index contributed by atoms with van der Waals surface area (Å²) < 4.78 is 0. The van der Waals surface area contributed by atoms with Crippen molar-refractivity contribution < 1.29 is 4.79 Å². The van der Waals surface area contributed by atoms with E-state index in [1.54, 1.807) is 0 Å². The lowest BCUT2D eigenvalue weighted by atomic mass is 10.00. The van der Waals surface area contributed by atoms with Gasteiger partial charge in [-0.1, -0.05) is 13.8 Å². The van der Waals surface area contributed by atoms with Gasteiger partial charge in [0.25, 0.3) is 0 Å². The van der Waals surface area contributed by atoms with E-state index < -0.39 is 0 Å². The number of nitrogens with zero attached hydrogens (tertiary/aromatic N) is 1. The molecule has 1 amide bonds. The Morgan fingerprint density at radius 3 is 2.18 bits per heavy atom. The van der Waals surface area contributed by atoms with E-state index in [0.717, 1.165) is 38.8 Å². The molecule has 1 saturated heterocycles. The van der Waals surface area contributed by atoms with Crippen molar-refractivity contribution in [3.05, 3.63) is 0 Å². The monoisotopic (exact) mass is 238 g/mol. The minimum atomic E-state index is 0.383. The minimum absolute atomic E-state index is 0.383. The molecule has 1 saturated carbocycles. The summed E-state index contributed by atoms with van der Waals surface area (Å²) in [6.07, 6.45) is 4.49. The summed E-state index contributed by atoms with van der Waals surface area (Å²) in [5.74, 6) is 1.48. The zero-order valence-electron chi connectivity index (χ0n) is 11.4. The maximum absolute atomic E-state index is 11.9. The van der Waals surface area contributed by atoms with Gasteiger partial charge in [0.1, 0.15) is 0 Å². The predicted molar refractivity (Wildman–Crippen MR) is 69.8 cm³/mol. The summed E-state index contributed by atoms with van der Waals surface area (Å²) in [5, 5.41) is 3.68. The maximum Gasteiger partial charge on any atom is 0.225 e. The molecule has 1 atom stereocenters. The van der Waals surface area contributed by atoms with Gasteiger partial charge in [0, 0.05) is 31.1 Å². The van der Waals surface area contributed by atoms with Gasteiger partial charge in [-0.25, -0.2) is 0 Å². The Hall–Kier alpha value is -0.570. The van der Waals surface area contributed by atoms with E-state index in [1.165, 1.54) is 0 Å². The van der Waals surface area contributed by atoms with Gasteiger partial charge in [-0.2, -0.15) is 0 Å². The van der Waals surface area contributed by atoms with Crippen LogP contribution < -0.4 is 5.32 Å². The second-order valence-electron chi connectivity index (χ2n) is 6.07. The fraction of sp³-hybridized carbons (Fsp3) is 0.929. The maximum atomic E-state index is 11.9. The molecule has 2 aliphatic rings. The Morgan fingerprint density at radius 1 is 1.12 bits per heavy atom. The van der Waals surface area contributed by atoms with Crippen LogP contribution in [0.2, 0.25) is 0 Å². The molecule has 0 radical (unpaired) electrons. The molecular formula is C14H26N2O. The van der Waals surface area contributed by atoms with Crippen LogP contribution in [-0.2, 0) is 4.79 Å². The number of carbonyl (C=O) groups is 1. The number of hydrogen-bond donors (Lipinski definition) is 1. The number of carbonyl (C=O) groups excluding carboxylic acids is 1. The third-order valence-corrected chi connectivity index (χ3v) is 4.23. The van der Waals surface area contributed by atoms with Crippen LogP contribution in [-0.4, -0.2) is 36.0 Å². The Labute approximate surface area is 105 Å². The molecule has 1 aliphatic heterocycles. The fourth-order valence-electron chi connectivity index (χ4n) is 2.42. The predicted octanol–water partition coefficient (Wildman–Crippen LogP) is 2.02. The first-order valence-corrected chi connectivity index (χ1v) is 7.12. The average molecular weight is 238 g/mol. The number of piperidine rings is 1. The summed E-state index contributed by atoms with van der Waals surface area (Å²) in [6, 6.07) is 1.18. The van der Waals surface area contributed by atoms with Crippen LogP contribution >= 0.6 is 0 Å². The summed E-state index contributed by atoms with van der Waals surface area (Å²) >= 11 is 0. The van der Waals surface area contributed by atoms with E-state index >= 15 is 0 Å². The Morgan fingerprint density at radius 2 is 1.71 bits per heavy atom. The molecule has 0 aromatic heterocycles. The molecule has 0 spiro atoms. The number of hydrogen-bond acceptors (Lipinski definition) is 2. The van der Waals surface area contributed by atoms with Crippen LogP contribution in [0.25, 0.3) is 0 Å². The van der Waals surface area contributed by atoms with Crippen molar-refractivity contribution in [2.45, 2.75) is 58.5 Å². The standard InChI is InChI=1S/C14H26N2O/c1-10(2)11(3)15-13-6-8-16(9-7-13)14(17)12-4-5-12/h10-13,15H,4-9H2,1-3H3. The van der Waals surface area contributed by atoms with E-state index in [4.69, 9.17) is 0 Å². The topological polar surface area (TPSA) is 32.3 Å². The van der Waals surface area contributed by atoms with Gasteiger partial charge in [-0.3, -0.25) is 4.79 Å².